The van der Waals surface area contributed by atoms with Crippen LogP contribution in [-0.4, -0.2) is 28.3 Å². The van der Waals surface area contributed by atoms with Gasteiger partial charge in [0.25, 0.3) is 0 Å². The molecule has 0 aliphatic carbocycles. The van der Waals surface area contributed by atoms with Crippen LogP contribution in [0.5, 0.6) is 11.5 Å². The Bertz CT molecular complexity index is 618. The largest absolute Gasteiger partial charge is 0.508 e. The molecule has 1 aromatic carbocycles. The summed E-state index contributed by atoms with van der Waals surface area (Å²) in [7, 11) is 1.62. The zero-order valence-corrected chi connectivity index (χ0v) is 13.2. The van der Waals surface area contributed by atoms with E-state index in [2.05, 4.69) is 25.8 Å². The Hall–Kier alpha value is -2.56. The number of carboxylic acid groups (broad SMARTS) is 1. The number of pyridine rings is 1. The molecule has 5 nitrogen and oxygen atoms in total. The van der Waals surface area contributed by atoms with E-state index in [1.165, 1.54) is 24.5 Å². The second kappa shape index (κ2) is 7.45. The van der Waals surface area contributed by atoms with Gasteiger partial charge in [-0.2, -0.15) is 0 Å². The van der Waals surface area contributed by atoms with Gasteiger partial charge in [-0.25, -0.2) is 4.79 Å². The van der Waals surface area contributed by atoms with Gasteiger partial charge in [-0.3, -0.25) is 4.98 Å². The van der Waals surface area contributed by atoms with Gasteiger partial charge in [-0.1, -0.05) is 20.8 Å². The molecule has 118 valence electrons. The molecule has 0 bridgehead atoms. The number of phenolic OH excluding ortho intramolecular Hbond substituents is 1. The first-order chi connectivity index (χ1) is 10.3. The van der Waals surface area contributed by atoms with E-state index in [1.807, 2.05) is 6.07 Å². The third-order valence-corrected chi connectivity index (χ3v) is 2.94. The molecule has 2 N–H and O–H groups in total. The van der Waals surface area contributed by atoms with Crippen molar-refractivity contribution in [2.75, 3.05) is 7.11 Å². The van der Waals surface area contributed by atoms with E-state index in [1.54, 1.807) is 19.2 Å². The molecule has 0 saturated heterocycles. The first-order valence-electron chi connectivity index (χ1n) is 6.76. The van der Waals surface area contributed by atoms with Crippen molar-refractivity contribution in [3.8, 4) is 11.5 Å². The number of hydrogen-bond acceptors (Lipinski definition) is 4. The molecule has 1 aromatic heterocycles. The number of aromatic hydroxyl groups is 1. The van der Waals surface area contributed by atoms with Gasteiger partial charge in [0.15, 0.2) is 0 Å². The van der Waals surface area contributed by atoms with Crippen LogP contribution in [0.2, 0.25) is 0 Å². The Kier molecular flexibility index (Phi) is 5.92. The van der Waals surface area contributed by atoms with Crippen LogP contribution >= 0.6 is 0 Å². The summed E-state index contributed by atoms with van der Waals surface area (Å²) in [5, 5.41) is 18.0. The fourth-order valence-corrected chi connectivity index (χ4v) is 1.74. The number of carbonyl (C=O) groups is 1. The number of carboxylic acids is 1. The molecule has 0 aliphatic rings. The van der Waals surface area contributed by atoms with Crippen LogP contribution in [0.25, 0.3) is 0 Å². The van der Waals surface area contributed by atoms with Crippen molar-refractivity contribution in [3.05, 3.63) is 53.9 Å². The van der Waals surface area contributed by atoms with Crippen LogP contribution in [-0.2, 0) is 5.41 Å². The SMILES string of the molecule is COc1ccc(O)c(C(C)(C)C)c1.O=C(O)c1ccncc1. The van der Waals surface area contributed by atoms with Gasteiger partial charge >= 0.3 is 5.97 Å². The lowest BCUT2D eigenvalue weighted by Gasteiger charge is -2.20. The topological polar surface area (TPSA) is 79.7 Å². The average molecular weight is 303 g/mol. The summed E-state index contributed by atoms with van der Waals surface area (Å²) in [6, 6.07) is 8.18. The Morgan fingerprint density at radius 3 is 2.14 bits per heavy atom. The molecule has 1 heterocycles. The molecule has 0 aliphatic heterocycles. The highest BCUT2D eigenvalue weighted by Gasteiger charge is 2.18. The zero-order valence-electron chi connectivity index (χ0n) is 13.2. The number of hydrogen-bond donors (Lipinski definition) is 2. The molecule has 0 atom stereocenters. The van der Waals surface area contributed by atoms with Gasteiger partial charge in [0, 0.05) is 18.0 Å². The second-order valence-electron chi connectivity index (χ2n) is 5.67. The average Bonchev–Trinajstić information content (AvgIpc) is 2.48. The van der Waals surface area contributed by atoms with E-state index in [-0.39, 0.29) is 11.0 Å². The molecule has 0 unspecified atom stereocenters. The Morgan fingerprint density at radius 2 is 1.73 bits per heavy atom. The summed E-state index contributed by atoms with van der Waals surface area (Å²) in [5.74, 6) is 0.188. The number of aromatic carboxylic acids is 1. The van der Waals surface area contributed by atoms with Gasteiger partial charge in [-0.05, 0) is 35.7 Å². The Labute approximate surface area is 130 Å². The summed E-state index contributed by atoms with van der Waals surface area (Å²) in [4.78, 5) is 13.8. The summed E-state index contributed by atoms with van der Waals surface area (Å²) >= 11 is 0. The monoisotopic (exact) mass is 303 g/mol. The maximum absolute atomic E-state index is 10.2. The maximum Gasteiger partial charge on any atom is 0.335 e. The highest BCUT2D eigenvalue weighted by Crippen LogP contribution is 2.33. The van der Waals surface area contributed by atoms with E-state index in [0.717, 1.165) is 11.3 Å². The molecule has 0 saturated carbocycles. The number of methoxy groups -OCH3 is 1. The van der Waals surface area contributed by atoms with Crippen LogP contribution in [0.3, 0.4) is 0 Å². The molecule has 0 radical (unpaired) electrons. The molecule has 22 heavy (non-hydrogen) atoms. The van der Waals surface area contributed by atoms with E-state index in [0.29, 0.717) is 5.75 Å². The van der Waals surface area contributed by atoms with Crippen molar-refractivity contribution in [1.82, 2.24) is 4.98 Å². The second-order valence-corrected chi connectivity index (χ2v) is 5.67. The fourth-order valence-electron chi connectivity index (χ4n) is 1.74. The number of ether oxygens (including phenoxy) is 1. The van der Waals surface area contributed by atoms with Gasteiger partial charge in [-0.15, -0.1) is 0 Å². The van der Waals surface area contributed by atoms with Gasteiger partial charge in [0.05, 0.1) is 12.7 Å². The molecule has 2 rings (SSSR count). The van der Waals surface area contributed by atoms with Crippen molar-refractivity contribution >= 4 is 5.97 Å². The van der Waals surface area contributed by atoms with Crippen LogP contribution in [0.1, 0.15) is 36.7 Å². The minimum atomic E-state index is -0.919. The first kappa shape index (κ1) is 17.5. The number of rotatable bonds is 2. The van der Waals surface area contributed by atoms with Gasteiger partial charge < -0.3 is 14.9 Å². The van der Waals surface area contributed by atoms with Crippen LogP contribution in [0.15, 0.2) is 42.7 Å². The highest BCUT2D eigenvalue weighted by atomic mass is 16.5. The van der Waals surface area contributed by atoms with Crippen LogP contribution < -0.4 is 4.74 Å². The first-order valence-corrected chi connectivity index (χ1v) is 6.76. The fraction of sp³-hybridized carbons (Fsp3) is 0.294. The summed E-state index contributed by atoms with van der Waals surface area (Å²) in [6.45, 7) is 6.17. The third-order valence-electron chi connectivity index (χ3n) is 2.94. The minimum Gasteiger partial charge on any atom is -0.508 e. The van der Waals surface area contributed by atoms with Gasteiger partial charge in [0.1, 0.15) is 11.5 Å². The molecule has 0 fully saturated rings. The zero-order chi connectivity index (χ0) is 16.8. The minimum absolute atomic E-state index is 0.0569. The van der Waals surface area contributed by atoms with Crippen molar-refractivity contribution in [1.29, 1.82) is 0 Å². The molecule has 0 spiro atoms. The van der Waals surface area contributed by atoms with Crippen LogP contribution in [0.4, 0.5) is 0 Å². The third kappa shape index (κ3) is 5.09. The molecule has 5 heteroatoms. The lowest BCUT2D eigenvalue weighted by molar-refractivity contribution is 0.0696. The van der Waals surface area contributed by atoms with Crippen LogP contribution in [0, 0.1) is 0 Å². The van der Waals surface area contributed by atoms with Crippen molar-refractivity contribution in [2.45, 2.75) is 26.2 Å². The van der Waals surface area contributed by atoms with Crippen molar-refractivity contribution in [2.24, 2.45) is 0 Å². The van der Waals surface area contributed by atoms with E-state index in [9.17, 15) is 9.90 Å². The van der Waals surface area contributed by atoms with Crippen molar-refractivity contribution in [3.63, 3.8) is 0 Å². The highest BCUT2D eigenvalue weighted by molar-refractivity contribution is 5.87. The lowest BCUT2D eigenvalue weighted by atomic mass is 9.86. The normalized spacial score (nSPS) is 10.4. The smallest absolute Gasteiger partial charge is 0.335 e. The quantitative estimate of drug-likeness (QED) is 0.888. The van der Waals surface area contributed by atoms with Crippen molar-refractivity contribution < 1.29 is 19.7 Å². The molecular weight excluding hydrogens is 282 g/mol. The molecule has 2 aromatic rings. The maximum atomic E-state index is 10.2. The Morgan fingerprint density at radius 1 is 1.14 bits per heavy atom. The number of aromatic nitrogens is 1. The molecular formula is C17H21NO4. The van der Waals surface area contributed by atoms with E-state index < -0.39 is 5.97 Å². The summed E-state index contributed by atoms with van der Waals surface area (Å²) < 4.78 is 5.09. The van der Waals surface area contributed by atoms with Gasteiger partial charge in [0.2, 0.25) is 0 Å². The van der Waals surface area contributed by atoms with E-state index >= 15 is 0 Å². The molecule has 0 amide bonds. The Balaban J connectivity index is 0.000000235. The number of nitrogens with zero attached hydrogens (tertiary/aromatic N) is 1. The lowest BCUT2D eigenvalue weighted by Crippen LogP contribution is -2.11. The van der Waals surface area contributed by atoms with E-state index in [4.69, 9.17) is 9.84 Å². The summed E-state index contributed by atoms with van der Waals surface area (Å²) in [5.41, 5.74) is 1.12. The predicted molar refractivity (Wildman–Crippen MR) is 84.6 cm³/mol. The predicted octanol–water partition coefficient (Wildman–Crippen LogP) is 3.48. The number of phenols is 1. The number of benzene rings is 1. The summed E-state index contributed by atoms with van der Waals surface area (Å²) in [6.07, 6.45) is 2.90. The standard InChI is InChI=1S/C11H16O2.C6H5NO2/c1-11(2,3)9-7-8(13-4)5-6-10(9)12;8-6(9)5-1-3-7-4-2-5/h5-7,12H,1-4H3;1-4H,(H,8,9).